The van der Waals surface area contributed by atoms with Crippen molar-refractivity contribution in [1.82, 2.24) is 14.9 Å². The smallest absolute Gasteiger partial charge is 0.257 e. The molecule has 0 saturated carbocycles. The lowest BCUT2D eigenvalue weighted by Gasteiger charge is -2.15. The van der Waals surface area contributed by atoms with Crippen LogP contribution in [0.3, 0.4) is 0 Å². The molecule has 0 aliphatic carbocycles. The lowest BCUT2D eigenvalue weighted by molar-refractivity contribution is -0.123. The van der Waals surface area contributed by atoms with Crippen LogP contribution in [0.15, 0.2) is 48.5 Å². The molecule has 3 aromatic rings. The van der Waals surface area contributed by atoms with Crippen molar-refractivity contribution in [3.05, 3.63) is 59.4 Å². The molecule has 1 aromatic heterocycles. The molecule has 1 atom stereocenters. The summed E-state index contributed by atoms with van der Waals surface area (Å²) in [6.07, 6.45) is 0.513. The van der Waals surface area contributed by atoms with Crippen molar-refractivity contribution in [2.45, 2.75) is 26.3 Å². The Balaban J connectivity index is 1.60. The van der Waals surface area contributed by atoms with E-state index in [1.807, 2.05) is 35.8 Å². The Bertz CT molecular complexity index is 982. The third kappa shape index (κ3) is 4.70. The maximum absolute atomic E-state index is 12.0. The maximum atomic E-state index is 12.0. The van der Waals surface area contributed by atoms with Gasteiger partial charge in [0.1, 0.15) is 11.6 Å². The molecule has 146 valence electrons. The van der Waals surface area contributed by atoms with Crippen LogP contribution in [0.5, 0.6) is 5.75 Å². The Morgan fingerprint density at radius 3 is 2.61 bits per heavy atom. The Kier molecular flexibility index (Phi) is 6.31. The van der Waals surface area contributed by atoms with Crippen molar-refractivity contribution in [2.75, 3.05) is 13.2 Å². The number of aromatic nitrogens is 2. The number of nitrogens with one attached hydrogen (secondary N) is 1. The third-order valence-corrected chi connectivity index (χ3v) is 4.75. The number of Topliss-reactive ketones (excluding diaryl/α,β-unsaturated/α-hetero) is 1. The van der Waals surface area contributed by atoms with Gasteiger partial charge in [0.25, 0.3) is 5.91 Å². The standard InChI is InChI=1S/C21H22ClN3O3/c1-14(15(2)26)25-19-6-4-3-5-18(19)24-20(25)11-12-23-21(27)13-28-17-9-7-16(22)8-10-17/h3-10,14H,11-13H2,1-2H3,(H,23,27). The molecule has 1 heterocycles. The van der Waals surface area contributed by atoms with E-state index in [2.05, 4.69) is 10.3 Å². The fraction of sp³-hybridized carbons (Fsp3) is 0.286. The van der Waals surface area contributed by atoms with Crippen LogP contribution in [0.25, 0.3) is 11.0 Å². The highest BCUT2D eigenvalue weighted by Gasteiger charge is 2.18. The number of fused-ring (bicyclic) bond motifs is 1. The minimum Gasteiger partial charge on any atom is -0.484 e. The van der Waals surface area contributed by atoms with Gasteiger partial charge in [-0.2, -0.15) is 0 Å². The first-order valence-electron chi connectivity index (χ1n) is 9.07. The quantitative estimate of drug-likeness (QED) is 0.628. The average molecular weight is 400 g/mol. The van der Waals surface area contributed by atoms with Crippen LogP contribution < -0.4 is 10.1 Å². The molecule has 2 aromatic carbocycles. The second-order valence-corrected chi connectivity index (χ2v) is 6.95. The summed E-state index contributed by atoms with van der Waals surface area (Å²) in [4.78, 5) is 28.6. The summed E-state index contributed by atoms with van der Waals surface area (Å²) >= 11 is 5.82. The third-order valence-electron chi connectivity index (χ3n) is 4.50. The number of carbonyl (C=O) groups excluding carboxylic acids is 2. The van der Waals surface area contributed by atoms with Gasteiger partial charge in [0, 0.05) is 18.0 Å². The summed E-state index contributed by atoms with van der Waals surface area (Å²) in [6, 6.07) is 14.2. The zero-order valence-corrected chi connectivity index (χ0v) is 16.6. The molecule has 0 aliphatic heterocycles. The number of rotatable bonds is 8. The van der Waals surface area contributed by atoms with E-state index in [9.17, 15) is 9.59 Å². The Labute approximate surface area is 168 Å². The number of para-hydroxylation sites is 2. The van der Waals surface area contributed by atoms with Crippen molar-refractivity contribution in [3.63, 3.8) is 0 Å². The van der Waals surface area contributed by atoms with Crippen molar-refractivity contribution < 1.29 is 14.3 Å². The highest BCUT2D eigenvalue weighted by Crippen LogP contribution is 2.22. The van der Waals surface area contributed by atoms with Gasteiger partial charge < -0.3 is 14.6 Å². The minimum atomic E-state index is -0.314. The number of benzene rings is 2. The molecular weight excluding hydrogens is 378 g/mol. The molecule has 0 radical (unpaired) electrons. The molecule has 1 unspecified atom stereocenters. The Hall–Kier alpha value is -2.86. The summed E-state index contributed by atoms with van der Waals surface area (Å²) in [6.45, 7) is 3.75. The molecular formula is C21H22ClN3O3. The van der Waals surface area contributed by atoms with E-state index in [1.165, 1.54) is 0 Å². The van der Waals surface area contributed by atoms with Crippen LogP contribution >= 0.6 is 11.6 Å². The molecule has 28 heavy (non-hydrogen) atoms. The molecule has 0 spiro atoms. The van der Waals surface area contributed by atoms with Crippen LogP contribution in [-0.4, -0.2) is 34.4 Å². The van der Waals surface area contributed by atoms with Gasteiger partial charge in [0.05, 0.1) is 17.1 Å². The largest absolute Gasteiger partial charge is 0.484 e. The van der Waals surface area contributed by atoms with E-state index in [-0.39, 0.29) is 24.3 Å². The molecule has 1 amide bonds. The van der Waals surface area contributed by atoms with Gasteiger partial charge >= 0.3 is 0 Å². The van der Waals surface area contributed by atoms with E-state index in [0.29, 0.717) is 23.7 Å². The molecule has 6 nitrogen and oxygen atoms in total. The SMILES string of the molecule is CC(=O)C(C)n1c(CCNC(=O)COc2ccc(Cl)cc2)nc2ccccc21. The summed E-state index contributed by atoms with van der Waals surface area (Å²) in [5, 5.41) is 3.43. The van der Waals surface area contributed by atoms with Gasteiger partial charge in [0.2, 0.25) is 0 Å². The number of nitrogens with zero attached hydrogens (tertiary/aromatic N) is 2. The van der Waals surface area contributed by atoms with E-state index in [0.717, 1.165) is 16.9 Å². The zero-order chi connectivity index (χ0) is 20.1. The summed E-state index contributed by atoms with van der Waals surface area (Å²) in [5.74, 6) is 1.18. The Morgan fingerprint density at radius 1 is 1.18 bits per heavy atom. The van der Waals surface area contributed by atoms with E-state index in [4.69, 9.17) is 16.3 Å². The Morgan fingerprint density at radius 2 is 1.89 bits per heavy atom. The van der Waals surface area contributed by atoms with Crippen LogP contribution in [0.2, 0.25) is 5.02 Å². The average Bonchev–Trinajstić information content (AvgIpc) is 3.05. The summed E-state index contributed by atoms with van der Waals surface area (Å²) < 4.78 is 7.37. The number of ether oxygens (including phenoxy) is 1. The summed E-state index contributed by atoms with van der Waals surface area (Å²) in [5.41, 5.74) is 1.75. The van der Waals surface area contributed by atoms with Gasteiger partial charge in [-0.25, -0.2) is 4.98 Å². The van der Waals surface area contributed by atoms with Crippen LogP contribution in [0.4, 0.5) is 0 Å². The van der Waals surface area contributed by atoms with E-state index < -0.39 is 0 Å². The van der Waals surface area contributed by atoms with Gasteiger partial charge in [-0.3, -0.25) is 9.59 Å². The molecule has 0 saturated heterocycles. The second kappa shape index (κ2) is 8.89. The number of carbonyl (C=O) groups is 2. The second-order valence-electron chi connectivity index (χ2n) is 6.52. The van der Waals surface area contributed by atoms with E-state index >= 15 is 0 Å². The molecule has 7 heteroatoms. The van der Waals surface area contributed by atoms with E-state index in [1.54, 1.807) is 31.2 Å². The van der Waals surface area contributed by atoms with Gasteiger partial charge in [-0.15, -0.1) is 0 Å². The number of amides is 1. The molecule has 1 N–H and O–H groups in total. The number of hydrogen-bond donors (Lipinski definition) is 1. The molecule has 0 fully saturated rings. The van der Waals surface area contributed by atoms with Gasteiger partial charge in [0.15, 0.2) is 12.4 Å². The minimum absolute atomic E-state index is 0.0600. The highest BCUT2D eigenvalue weighted by molar-refractivity contribution is 6.30. The van der Waals surface area contributed by atoms with Crippen LogP contribution in [0, 0.1) is 0 Å². The van der Waals surface area contributed by atoms with Crippen molar-refractivity contribution in [3.8, 4) is 5.75 Å². The monoisotopic (exact) mass is 399 g/mol. The maximum Gasteiger partial charge on any atom is 0.257 e. The first-order chi connectivity index (χ1) is 13.5. The molecule has 3 rings (SSSR count). The molecule has 0 bridgehead atoms. The van der Waals surface area contributed by atoms with Gasteiger partial charge in [-0.05, 0) is 50.2 Å². The molecule has 0 aliphatic rings. The number of hydrogen-bond acceptors (Lipinski definition) is 4. The van der Waals surface area contributed by atoms with Crippen LogP contribution in [0.1, 0.15) is 25.7 Å². The highest BCUT2D eigenvalue weighted by atomic mass is 35.5. The summed E-state index contributed by atoms with van der Waals surface area (Å²) in [7, 11) is 0. The van der Waals surface area contributed by atoms with Crippen molar-refractivity contribution >= 4 is 34.3 Å². The normalized spacial score (nSPS) is 12.0. The van der Waals surface area contributed by atoms with Crippen molar-refractivity contribution in [2.24, 2.45) is 0 Å². The first kappa shape index (κ1) is 19.9. The number of ketones is 1. The lowest BCUT2D eigenvalue weighted by Crippen LogP contribution is -2.31. The predicted molar refractivity (Wildman–Crippen MR) is 109 cm³/mol. The fourth-order valence-corrected chi connectivity index (χ4v) is 3.06. The number of imidazole rings is 1. The van der Waals surface area contributed by atoms with Crippen molar-refractivity contribution in [1.29, 1.82) is 0 Å². The number of halogens is 1. The fourth-order valence-electron chi connectivity index (χ4n) is 2.93. The predicted octanol–water partition coefficient (Wildman–Crippen LogP) is 3.58. The van der Waals surface area contributed by atoms with Crippen LogP contribution in [-0.2, 0) is 16.0 Å². The van der Waals surface area contributed by atoms with Gasteiger partial charge in [-0.1, -0.05) is 23.7 Å². The first-order valence-corrected chi connectivity index (χ1v) is 9.45. The topological polar surface area (TPSA) is 73.2 Å². The zero-order valence-electron chi connectivity index (χ0n) is 15.8. The lowest BCUT2D eigenvalue weighted by atomic mass is 10.2.